The zero-order chi connectivity index (χ0) is 13.5. The molecule has 0 heterocycles. The van der Waals surface area contributed by atoms with Crippen molar-refractivity contribution < 1.29 is 23.8 Å². The highest BCUT2D eigenvalue weighted by Crippen LogP contribution is 2.15. The maximum Gasteiger partial charge on any atom is 0.329 e. The number of carbonyl (C=O) groups excluding carboxylic acids is 1. The van der Waals surface area contributed by atoms with Crippen molar-refractivity contribution >= 4 is 27.8 Å². The maximum atomic E-state index is 13.3. The van der Waals surface area contributed by atoms with E-state index in [0.29, 0.717) is 10.0 Å². The molecule has 0 aliphatic heterocycles. The lowest BCUT2D eigenvalue weighted by Crippen LogP contribution is -2.28. The van der Waals surface area contributed by atoms with E-state index in [1.54, 1.807) is 12.1 Å². The van der Waals surface area contributed by atoms with Crippen LogP contribution in [0.3, 0.4) is 0 Å². The second-order valence-electron chi connectivity index (χ2n) is 3.40. The lowest BCUT2D eigenvalue weighted by Gasteiger charge is -2.06. The quantitative estimate of drug-likeness (QED) is 0.829. The van der Waals surface area contributed by atoms with E-state index in [1.807, 2.05) is 0 Å². The van der Waals surface area contributed by atoms with Gasteiger partial charge in [0.2, 0.25) is 5.91 Å². The third kappa shape index (κ3) is 5.24. The van der Waals surface area contributed by atoms with Gasteiger partial charge in [-0.1, -0.05) is 15.9 Å². The summed E-state index contributed by atoms with van der Waals surface area (Å²) in [5, 5.41) is 10.7. The second kappa shape index (κ2) is 7.07. The third-order valence-electron chi connectivity index (χ3n) is 1.94. The van der Waals surface area contributed by atoms with Crippen LogP contribution in [0.1, 0.15) is 5.56 Å². The first-order valence-electron chi connectivity index (χ1n) is 4.99. The normalized spacial score (nSPS) is 10.1. The van der Waals surface area contributed by atoms with Gasteiger partial charge in [0.25, 0.3) is 0 Å². The minimum absolute atomic E-state index is 0.0144. The highest BCUT2D eigenvalue weighted by atomic mass is 79.9. The van der Waals surface area contributed by atoms with Gasteiger partial charge < -0.3 is 15.2 Å². The van der Waals surface area contributed by atoms with Crippen molar-refractivity contribution in [3.63, 3.8) is 0 Å². The van der Waals surface area contributed by atoms with E-state index in [1.165, 1.54) is 6.07 Å². The van der Waals surface area contributed by atoms with Crippen molar-refractivity contribution in [2.24, 2.45) is 0 Å². The zero-order valence-electron chi connectivity index (χ0n) is 9.28. The summed E-state index contributed by atoms with van der Waals surface area (Å²) in [4.78, 5) is 21.4. The van der Waals surface area contributed by atoms with E-state index in [0.717, 1.165) is 0 Å². The molecule has 0 saturated heterocycles. The highest BCUT2D eigenvalue weighted by Gasteiger charge is 2.06. The summed E-state index contributed by atoms with van der Waals surface area (Å²) >= 11 is 3.19. The lowest BCUT2D eigenvalue weighted by molar-refractivity contribution is -0.143. The van der Waals surface area contributed by atoms with Gasteiger partial charge in [-0.2, -0.15) is 0 Å². The van der Waals surface area contributed by atoms with Gasteiger partial charge in [0, 0.05) is 16.6 Å². The fourth-order valence-electron chi connectivity index (χ4n) is 1.15. The van der Waals surface area contributed by atoms with Gasteiger partial charge in [-0.15, -0.1) is 0 Å². The minimum atomic E-state index is -1.15. The summed E-state index contributed by atoms with van der Waals surface area (Å²) in [6.07, 6.45) is 0. The molecule has 1 aromatic rings. The van der Waals surface area contributed by atoms with Crippen molar-refractivity contribution in [3.8, 4) is 0 Å². The maximum absolute atomic E-state index is 13.3. The molecule has 98 valence electrons. The molecule has 7 heteroatoms. The topological polar surface area (TPSA) is 75.6 Å². The van der Waals surface area contributed by atoms with Crippen LogP contribution in [0.25, 0.3) is 0 Å². The summed E-state index contributed by atoms with van der Waals surface area (Å²) < 4.78 is 18.6. The number of carboxylic acid groups (broad SMARTS) is 1. The van der Waals surface area contributed by atoms with Crippen molar-refractivity contribution in [3.05, 3.63) is 34.1 Å². The van der Waals surface area contributed by atoms with Gasteiger partial charge in [-0.05, 0) is 18.2 Å². The minimum Gasteiger partial charge on any atom is -0.480 e. The summed E-state index contributed by atoms with van der Waals surface area (Å²) in [6.45, 7) is -0.902. The number of ether oxygens (including phenoxy) is 1. The molecule has 0 unspecified atom stereocenters. The molecule has 0 spiro atoms. The number of rotatable bonds is 6. The molecule has 0 bridgehead atoms. The van der Waals surface area contributed by atoms with Crippen LogP contribution < -0.4 is 5.32 Å². The summed E-state index contributed by atoms with van der Waals surface area (Å²) in [5.41, 5.74) is 0.330. The Morgan fingerprint density at radius 2 is 2.11 bits per heavy atom. The van der Waals surface area contributed by atoms with Gasteiger partial charge >= 0.3 is 5.97 Å². The number of amides is 1. The van der Waals surface area contributed by atoms with Crippen LogP contribution in [0.5, 0.6) is 0 Å². The van der Waals surface area contributed by atoms with Crippen LogP contribution in [0.15, 0.2) is 22.7 Å². The lowest BCUT2D eigenvalue weighted by atomic mass is 10.2. The Balaban J connectivity index is 2.38. The molecule has 0 saturated carbocycles. The van der Waals surface area contributed by atoms with E-state index in [2.05, 4.69) is 26.0 Å². The largest absolute Gasteiger partial charge is 0.480 e. The summed E-state index contributed by atoms with van der Waals surface area (Å²) in [6, 6.07) is 4.39. The molecule has 1 amide bonds. The molecule has 0 radical (unpaired) electrons. The monoisotopic (exact) mass is 319 g/mol. The standard InChI is InChI=1S/C11H11BrFNO4/c12-8-1-2-9(13)7(3-8)4-14-10(15)5-18-6-11(16)17/h1-3H,4-6H2,(H,14,15)(H,16,17). The number of halogens is 2. The SMILES string of the molecule is O=C(O)COCC(=O)NCc1cc(Br)ccc1F. The van der Waals surface area contributed by atoms with E-state index >= 15 is 0 Å². The Morgan fingerprint density at radius 1 is 1.39 bits per heavy atom. The average molecular weight is 320 g/mol. The highest BCUT2D eigenvalue weighted by molar-refractivity contribution is 9.10. The molecule has 5 nitrogen and oxygen atoms in total. The second-order valence-corrected chi connectivity index (χ2v) is 4.31. The number of benzene rings is 1. The van der Waals surface area contributed by atoms with Crippen molar-refractivity contribution in [2.75, 3.05) is 13.2 Å². The van der Waals surface area contributed by atoms with Crippen molar-refractivity contribution in [1.82, 2.24) is 5.32 Å². The van der Waals surface area contributed by atoms with Crippen LogP contribution in [-0.4, -0.2) is 30.2 Å². The Bertz CT molecular complexity index is 453. The predicted octanol–water partition coefficient (Wildman–Crippen LogP) is 1.31. The third-order valence-corrected chi connectivity index (χ3v) is 2.44. The number of carboxylic acids is 1. The van der Waals surface area contributed by atoms with Crippen LogP contribution in [-0.2, 0) is 20.9 Å². The fraction of sp³-hybridized carbons (Fsp3) is 0.273. The molecule has 0 aliphatic rings. The molecule has 0 aromatic heterocycles. The van der Waals surface area contributed by atoms with Gasteiger partial charge in [-0.25, -0.2) is 9.18 Å². The fourth-order valence-corrected chi connectivity index (χ4v) is 1.56. The van der Waals surface area contributed by atoms with E-state index in [-0.39, 0.29) is 13.2 Å². The number of carbonyl (C=O) groups is 2. The summed E-state index contributed by atoms with van der Waals surface area (Å²) in [5.74, 6) is -2.08. The van der Waals surface area contributed by atoms with Crippen LogP contribution in [0.2, 0.25) is 0 Å². The van der Waals surface area contributed by atoms with E-state index in [4.69, 9.17) is 5.11 Å². The number of hydrogen-bond donors (Lipinski definition) is 2. The zero-order valence-corrected chi connectivity index (χ0v) is 10.9. The van der Waals surface area contributed by atoms with Crippen LogP contribution in [0, 0.1) is 5.82 Å². The molecule has 0 atom stereocenters. The molecule has 1 rings (SSSR count). The van der Waals surface area contributed by atoms with Gasteiger partial charge in [0.05, 0.1) is 0 Å². The first kappa shape index (κ1) is 14.6. The number of nitrogens with one attached hydrogen (secondary N) is 1. The number of hydrogen-bond acceptors (Lipinski definition) is 3. The smallest absolute Gasteiger partial charge is 0.329 e. The Kier molecular flexibility index (Phi) is 5.73. The summed E-state index contributed by atoms with van der Waals surface area (Å²) in [7, 11) is 0. The molecule has 0 aliphatic carbocycles. The molecular formula is C11H11BrFNO4. The molecular weight excluding hydrogens is 309 g/mol. The van der Waals surface area contributed by atoms with Crippen LogP contribution in [0.4, 0.5) is 4.39 Å². The van der Waals surface area contributed by atoms with E-state index in [9.17, 15) is 14.0 Å². The molecule has 18 heavy (non-hydrogen) atoms. The Hall–Kier alpha value is -1.47. The first-order chi connectivity index (χ1) is 8.49. The van der Waals surface area contributed by atoms with Crippen molar-refractivity contribution in [2.45, 2.75) is 6.54 Å². The van der Waals surface area contributed by atoms with Crippen LogP contribution >= 0.6 is 15.9 Å². The Labute approximate surface area is 111 Å². The Morgan fingerprint density at radius 3 is 2.78 bits per heavy atom. The average Bonchev–Trinajstić information content (AvgIpc) is 2.30. The van der Waals surface area contributed by atoms with E-state index < -0.39 is 24.3 Å². The predicted molar refractivity (Wildman–Crippen MR) is 64.4 cm³/mol. The van der Waals surface area contributed by atoms with Gasteiger partial charge in [0.15, 0.2) is 0 Å². The molecule has 2 N–H and O–H groups in total. The molecule has 0 fully saturated rings. The molecule has 1 aromatic carbocycles. The number of aliphatic carboxylic acids is 1. The van der Waals surface area contributed by atoms with Crippen molar-refractivity contribution in [1.29, 1.82) is 0 Å². The first-order valence-corrected chi connectivity index (χ1v) is 5.78. The van der Waals surface area contributed by atoms with Gasteiger partial charge in [-0.3, -0.25) is 4.79 Å². The van der Waals surface area contributed by atoms with Gasteiger partial charge in [0.1, 0.15) is 19.0 Å².